The number of carbonyl (C=O) groups is 1. The standard InChI is InChI=1S/C16H21Cl2NO2/c1-11(13-5-2-6-14(17)16(13)18)19-9-3-4-12(10-19)7-8-15(20)21/h2,5-6,11-12H,3-4,7-10H2,1H3,(H,20,21). The summed E-state index contributed by atoms with van der Waals surface area (Å²) in [5.74, 6) is -0.256. The normalized spacial score (nSPS) is 21.2. The zero-order valence-electron chi connectivity index (χ0n) is 12.2. The second kappa shape index (κ2) is 7.48. The molecule has 2 atom stereocenters. The second-order valence-electron chi connectivity index (χ2n) is 5.75. The van der Waals surface area contributed by atoms with E-state index in [1.807, 2.05) is 12.1 Å². The number of halogens is 2. The molecule has 0 bridgehead atoms. The summed E-state index contributed by atoms with van der Waals surface area (Å²) in [6, 6.07) is 5.93. The number of carboxylic acid groups (broad SMARTS) is 1. The first-order valence-electron chi connectivity index (χ1n) is 7.38. The van der Waals surface area contributed by atoms with Gasteiger partial charge in [-0.15, -0.1) is 0 Å². The highest BCUT2D eigenvalue weighted by Gasteiger charge is 2.26. The SMILES string of the molecule is CC(c1cccc(Cl)c1Cl)N1CCCC(CCC(=O)O)C1. The van der Waals surface area contributed by atoms with E-state index < -0.39 is 5.97 Å². The molecule has 0 aliphatic carbocycles. The summed E-state index contributed by atoms with van der Waals surface area (Å²) < 4.78 is 0. The van der Waals surface area contributed by atoms with E-state index in [2.05, 4.69) is 11.8 Å². The zero-order valence-corrected chi connectivity index (χ0v) is 13.7. The van der Waals surface area contributed by atoms with Crippen LogP contribution in [0.15, 0.2) is 18.2 Å². The van der Waals surface area contributed by atoms with Crippen LogP contribution in [0.3, 0.4) is 0 Å². The molecule has 0 aromatic heterocycles. The number of rotatable bonds is 5. The average Bonchev–Trinajstić information content (AvgIpc) is 2.47. The van der Waals surface area contributed by atoms with Crippen LogP contribution in [0.4, 0.5) is 0 Å². The van der Waals surface area contributed by atoms with Crippen LogP contribution >= 0.6 is 23.2 Å². The van der Waals surface area contributed by atoms with E-state index in [-0.39, 0.29) is 12.5 Å². The van der Waals surface area contributed by atoms with Crippen molar-refractivity contribution >= 4 is 29.2 Å². The van der Waals surface area contributed by atoms with E-state index >= 15 is 0 Å². The van der Waals surface area contributed by atoms with E-state index in [0.29, 0.717) is 16.0 Å². The summed E-state index contributed by atoms with van der Waals surface area (Å²) in [4.78, 5) is 13.1. The molecule has 1 aliphatic rings. The summed E-state index contributed by atoms with van der Waals surface area (Å²) in [5.41, 5.74) is 1.04. The van der Waals surface area contributed by atoms with E-state index in [1.165, 1.54) is 0 Å². The van der Waals surface area contributed by atoms with Gasteiger partial charge in [-0.05, 0) is 50.3 Å². The van der Waals surface area contributed by atoms with E-state index in [0.717, 1.165) is 37.9 Å². The maximum absolute atomic E-state index is 10.7. The predicted octanol–water partition coefficient (Wildman–Crippen LogP) is 4.63. The fourth-order valence-electron chi connectivity index (χ4n) is 3.05. The van der Waals surface area contributed by atoms with Crippen LogP contribution in [0.5, 0.6) is 0 Å². The number of likely N-dealkylation sites (tertiary alicyclic amines) is 1. The Morgan fingerprint density at radius 1 is 1.48 bits per heavy atom. The fraction of sp³-hybridized carbons (Fsp3) is 0.562. The minimum Gasteiger partial charge on any atom is -0.481 e. The van der Waals surface area contributed by atoms with Gasteiger partial charge in [0.15, 0.2) is 0 Å². The Morgan fingerprint density at radius 3 is 2.95 bits per heavy atom. The van der Waals surface area contributed by atoms with Gasteiger partial charge in [0.25, 0.3) is 0 Å². The van der Waals surface area contributed by atoms with Crippen molar-refractivity contribution in [3.05, 3.63) is 33.8 Å². The molecule has 2 rings (SSSR count). The molecule has 0 amide bonds. The quantitative estimate of drug-likeness (QED) is 0.856. The Morgan fingerprint density at radius 2 is 2.24 bits per heavy atom. The second-order valence-corrected chi connectivity index (χ2v) is 6.54. The van der Waals surface area contributed by atoms with E-state index in [4.69, 9.17) is 28.3 Å². The molecule has 1 aromatic carbocycles. The topological polar surface area (TPSA) is 40.5 Å². The molecular formula is C16H21Cl2NO2. The highest BCUT2D eigenvalue weighted by Crippen LogP contribution is 2.35. The number of nitrogens with zero attached hydrogens (tertiary/aromatic N) is 1. The Labute approximate surface area is 135 Å². The smallest absolute Gasteiger partial charge is 0.303 e. The molecule has 1 aromatic rings. The van der Waals surface area contributed by atoms with Crippen molar-refractivity contribution in [2.45, 2.75) is 38.6 Å². The first kappa shape index (κ1) is 16.6. The molecule has 0 radical (unpaired) electrons. The lowest BCUT2D eigenvalue weighted by molar-refractivity contribution is -0.137. The van der Waals surface area contributed by atoms with Crippen molar-refractivity contribution in [2.24, 2.45) is 5.92 Å². The lowest BCUT2D eigenvalue weighted by Crippen LogP contribution is -2.37. The molecule has 0 saturated carbocycles. The van der Waals surface area contributed by atoms with Crippen LogP contribution in [0, 0.1) is 5.92 Å². The van der Waals surface area contributed by atoms with Crippen LogP contribution in [0.1, 0.15) is 44.2 Å². The summed E-state index contributed by atoms with van der Waals surface area (Å²) in [6.07, 6.45) is 3.22. The Bertz CT molecular complexity index is 507. The lowest BCUT2D eigenvalue weighted by Gasteiger charge is -2.37. The van der Waals surface area contributed by atoms with Gasteiger partial charge in [0.1, 0.15) is 0 Å². The van der Waals surface area contributed by atoms with Gasteiger partial charge in [0, 0.05) is 19.0 Å². The first-order valence-corrected chi connectivity index (χ1v) is 8.14. The van der Waals surface area contributed by atoms with Crippen molar-refractivity contribution in [3.63, 3.8) is 0 Å². The highest BCUT2D eigenvalue weighted by atomic mass is 35.5. The summed E-state index contributed by atoms with van der Waals surface area (Å²) >= 11 is 12.4. The van der Waals surface area contributed by atoms with Gasteiger partial charge in [-0.1, -0.05) is 35.3 Å². The molecule has 116 valence electrons. The van der Waals surface area contributed by atoms with Crippen LogP contribution in [0.2, 0.25) is 10.0 Å². The first-order chi connectivity index (χ1) is 9.99. The van der Waals surface area contributed by atoms with E-state index in [1.54, 1.807) is 6.07 Å². The molecule has 21 heavy (non-hydrogen) atoms. The summed E-state index contributed by atoms with van der Waals surface area (Å²) in [5, 5.41) is 10.0. The van der Waals surface area contributed by atoms with Gasteiger partial charge in [-0.3, -0.25) is 9.69 Å². The van der Waals surface area contributed by atoms with Crippen molar-refractivity contribution in [2.75, 3.05) is 13.1 Å². The van der Waals surface area contributed by atoms with Crippen molar-refractivity contribution in [3.8, 4) is 0 Å². The van der Waals surface area contributed by atoms with Gasteiger partial charge < -0.3 is 5.11 Å². The number of carboxylic acids is 1. The molecule has 1 saturated heterocycles. The Kier molecular flexibility index (Phi) is 5.91. The molecule has 0 spiro atoms. The molecule has 1 heterocycles. The Balaban J connectivity index is 2.03. The third-order valence-corrected chi connectivity index (χ3v) is 5.13. The molecule has 1 N–H and O–H groups in total. The molecule has 2 unspecified atom stereocenters. The van der Waals surface area contributed by atoms with Gasteiger partial charge >= 0.3 is 5.97 Å². The van der Waals surface area contributed by atoms with Gasteiger partial charge in [0.05, 0.1) is 10.0 Å². The van der Waals surface area contributed by atoms with Crippen molar-refractivity contribution < 1.29 is 9.90 Å². The number of hydrogen-bond acceptors (Lipinski definition) is 2. The average molecular weight is 330 g/mol. The molecule has 1 aliphatic heterocycles. The molecule has 5 heteroatoms. The molecule has 1 fully saturated rings. The fourth-order valence-corrected chi connectivity index (χ4v) is 3.52. The van der Waals surface area contributed by atoms with E-state index in [9.17, 15) is 4.79 Å². The zero-order chi connectivity index (χ0) is 15.4. The van der Waals surface area contributed by atoms with Crippen molar-refractivity contribution in [1.82, 2.24) is 4.90 Å². The lowest BCUT2D eigenvalue weighted by atomic mass is 9.91. The van der Waals surface area contributed by atoms with Crippen LogP contribution in [-0.4, -0.2) is 29.1 Å². The number of benzene rings is 1. The molecular weight excluding hydrogens is 309 g/mol. The highest BCUT2D eigenvalue weighted by molar-refractivity contribution is 6.42. The largest absolute Gasteiger partial charge is 0.481 e. The summed E-state index contributed by atoms with van der Waals surface area (Å²) in [6.45, 7) is 4.09. The number of piperidine rings is 1. The van der Waals surface area contributed by atoms with Crippen LogP contribution in [0.25, 0.3) is 0 Å². The monoisotopic (exact) mass is 329 g/mol. The number of aliphatic carboxylic acids is 1. The van der Waals surface area contributed by atoms with Crippen molar-refractivity contribution in [1.29, 1.82) is 0 Å². The van der Waals surface area contributed by atoms with Crippen LogP contribution < -0.4 is 0 Å². The van der Waals surface area contributed by atoms with Crippen LogP contribution in [-0.2, 0) is 4.79 Å². The maximum atomic E-state index is 10.7. The third-order valence-electron chi connectivity index (χ3n) is 4.30. The third kappa shape index (κ3) is 4.35. The van der Waals surface area contributed by atoms with Gasteiger partial charge in [0.2, 0.25) is 0 Å². The minimum atomic E-state index is -0.710. The van der Waals surface area contributed by atoms with Gasteiger partial charge in [-0.2, -0.15) is 0 Å². The number of hydrogen-bond donors (Lipinski definition) is 1. The predicted molar refractivity (Wildman–Crippen MR) is 86.0 cm³/mol. The summed E-state index contributed by atoms with van der Waals surface area (Å²) in [7, 11) is 0. The minimum absolute atomic E-state index is 0.198. The maximum Gasteiger partial charge on any atom is 0.303 e. The Hall–Kier alpha value is -0.770. The molecule has 3 nitrogen and oxygen atoms in total. The van der Waals surface area contributed by atoms with Gasteiger partial charge in [-0.25, -0.2) is 0 Å².